The minimum absolute atomic E-state index is 0.0400. The van der Waals surface area contributed by atoms with Crippen molar-refractivity contribution in [2.75, 3.05) is 6.61 Å². The van der Waals surface area contributed by atoms with E-state index in [1.165, 1.54) is 11.1 Å². The first kappa shape index (κ1) is 13.7. The molecule has 0 saturated heterocycles. The first-order valence-electron chi connectivity index (χ1n) is 6.99. The number of fused-ring (bicyclic) bond motifs is 1. The Morgan fingerprint density at radius 1 is 1.15 bits per heavy atom. The molecule has 0 aromatic heterocycles. The van der Waals surface area contributed by atoms with E-state index in [2.05, 4.69) is 46.3 Å². The standard InChI is InChI=1S/C17H18BrNO/c18-15-9-2-1-5-13(15)11-16(19)14-8-3-6-12-7-4-10-20-17(12)14/h1-3,5-6,8-9,16H,4,7,10-11,19H2. The molecule has 2 aromatic rings. The highest BCUT2D eigenvalue weighted by Gasteiger charge is 2.19. The smallest absolute Gasteiger partial charge is 0.127 e. The monoisotopic (exact) mass is 331 g/mol. The van der Waals surface area contributed by atoms with Crippen molar-refractivity contribution in [1.82, 2.24) is 0 Å². The first-order valence-corrected chi connectivity index (χ1v) is 7.78. The van der Waals surface area contributed by atoms with Crippen molar-refractivity contribution in [3.63, 3.8) is 0 Å². The molecule has 3 rings (SSSR count). The van der Waals surface area contributed by atoms with Crippen LogP contribution in [0.3, 0.4) is 0 Å². The maximum absolute atomic E-state index is 6.42. The van der Waals surface area contributed by atoms with Gasteiger partial charge in [-0.3, -0.25) is 0 Å². The van der Waals surface area contributed by atoms with E-state index in [9.17, 15) is 0 Å². The summed E-state index contributed by atoms with van der Waals surface area (Å²) in [5.41, 5.74) is 10.1. The summed E-state index contributed by atoms with van der Waals surface area (Å²) < 4.78 is 6.96. The predicted octanol–water partition coefficient (Wildman–Crippen LogP) is 4.02. The number of benzene rings is 2. The third kappa shape index (κ3) is 2.74. The predicted molar refractivity (Wildman–Crippen MR) is 85.0 cm³/mol. The summed E-state index contributed by atoms with van der Waals surface area (Å²) in [6.45, 7) is 0.797. The van der Waals surface area contributed by atoms with Crippen LogP contribution in [0.1, 0.15) is 29.2 Å². The molecular weight excluding hydrogens is 314 g/mol. The third-order valence-electron chi connectivity index (χ3n) is 3.76. The molecule has 104 valence electrons. The highest BCUT2D eigenvalue weighted by Crippen LogP contribution is 2.34. The lowest BCUT2D eigenvalue weighted by atomic mass is 9.94. The van der Waals surface area contributed by atoms with Gasteiger partial charge in [-0.2, -0.15) is 0 Å². The topological polar surface area (TPSA) is 35.2 Å². The zero-order valence-corrected chi connectivity index (χ0v) is 12.9. The van der Waals surface area contributed by atoms with Crippen molar-refractivity contribution in [1.29, 1.82) is 0 Å². The second-order valence-corrected chi connectivity index (χ2v) is 6.04. The number of hydrogen-bond donors (Lipinski definition) is 1. The van der Waals surface area contributed by atoms with Gasteiger partial charge in [-0.1, -0.05) is 52.3 Å². The second kappa shape index (κ2) is 5.98. The summed E-state index contributed by atoms with van der Waals surface area (Å²) in [6.07, 6.45) is 2.99. The molecule has 2 N–H and O–H groups in total. The van der Waals surface area contributed by atoms with Gasteiger partial charge in [0.25, 0.3) is 0 Å². The van der Waals surface area contributed by atoms with Gasteiger partial charge in [0.2, 0.25) is 0 Å². The Balaban J connectivity index is 1.88. The fourth-order valence-electron chi connectivity index (χ4n) is 2.72. The molecule has 2 nitrogen and oxygen atoms in total. The molecule has 1 heterocycles. The lowest BCUT2D eigenvalue weighted by molar-refractivity contribution is 0.283. The number of nitrogens with two attached hydrogens (primary N) is 1. The van der Waals surface area contributed by atoms with E-state index in [0.29, 0.717) is 0 Å². The lowest BCUT2D eigenvalue weighted by Gasteiger charge is -2.23. The fourth-order valence-corrected chi connectivity index (χ4v) is 3.16. The molecule has 2 aromatic carbocycles. The number of rotatable bonds is 3. The van der Waals surface area contributed by atoms with Crippen LogP contribution in [-0.4, -0.2) is 6.61 Å². The zero-order valence-electron chi connectivity index (χ0n) is 11.3. The normalized spacial score (nSPS) is 15.3. The van der Waals surface area contributed by atoms with Gasteiger partial charge in [-0.25, -0.2) is 0 Å². The molecule has 0 radical (unpaired) electrons. The van der Waals surface area contributed by atoms with Crippen LogP contribution in [0.5, 0.6) is 5.75 Å². The highest BCUT2D eigenvalue weighted by atomic mass is 79.9. The molecule has 1 unspecified atom stereocenters. The van der Waals surface area contributed by atoms with E-state index >= 15 is 0 Å². The lowest BCUT2D eigenvalue weighted by Crippen LogP contribution is -2.18. The van der Waals surface area contributed by atoms with Crippen LogP contribution in [-0.2, 0) is 12.8 Å². The van der Waals surface area contributed by atoms with Gasteiger partial charge in [0.1, 0.15) is 5.75 Å². The molecule has 20 heavy (non-hydrogen) atoms. The van der Waals surface area contributed by atoms with Crippen molar-refractivity contribution >= 4 is 15.9 Å². The summed E-state index contributed by atoms with van der Waals surface area (Å²) in [5.74, 6) is 1.01. The Kier molecular flexibility index (Phi) is 4.08. The average Bonchev–Trinajstić information content (AvgIpc) is 2.49. The molecule has 3 heteroatoms. The maximum Gasteiger partial charge on any atom is 0.127 e. The van der Waals surface area contributed by atoms with Crippen LogP contribution in [0.2, 0.25) is 0 Å². The van der Waals surface area contributed by atoms with Crippen LogP contribution in [0, 0.1) is 0 Å². The third-order valence-corrected chi connectivity index (χ3v) is 4.53. The molecule has 0 spiro atoms. The van der Waals surface area contributed by atoms with Crippen LogP contribution >= 0.6 is 15.9 Å². The summed E-state index contributed by atoms with van der Waals surface area (Å²) in [6, 6.07) is 14.5. The average molecular weight is 332 g/mol. The van der Waals surface area contributed by atoms with Crippen molar-refractivity contribution in [2.45, 2.75) is 25.3 Å². The zero-order chi connectivity index (χ0) is 13.9. The Hall–Kier alpha value is -1.32. The fraction of sp³-hybridized carbons (Fsp3) is 0.294. The van der Waals surface area contributed by atoms with Crippen LogP contribution in [0.25, 0.3) is 0 Å². The van der Waals surface area contributed by atoms with Crippen molar-refractivity contribution in [3.8, 4) is 5.75 Å². The second-order valence-electron chi connectivity index (χ2n) is 5.19. The highest BCUT2D eigenvalue weighted by molar-refractivity contribution is 9.10. The molecule has 0 aliphatic carbocycles. The number of halogens is 1. The van der Waals surface area contributed by atoms with E-state index < -0.39 is 0 Å². The van der Waals surface area contributed by atoms with Gasteiger partial charge in [0, 0.05) is 16.1 Å². The Morgan fingerprint density at radius 3 is 2.85 bits per heavy atom. The first-order chi connectivity index (χ1) is 9.75. The quantitative estimate of drug-likeness (QED) is 0.921. The van der Waals surface area contributed by atoms with E-state index in [1.54, 1.807) is 0 Å². The minimum atomic E-state index is -0.0400. The van der Waals surface area contributed by atoms with E-state index in [1.807, 2.05) is 12.1 Å². The minimum Gasteiger partial charge on any atom is -0.493 e. The number of ether oxygens (including phenoxy) is 1. The number of hydrogen-bond acceptors (Lipinski definition) is 2. The van der Waals surface area contributed by atoms with Crippen molar-refractivity contribution in [2.24, 2.45) is 5.73 Å². The van der Waals surface area contributed by atoms with E-state index in [0.717, 1.165) is 41.7 Å². The van der Waals surface area contributed by atoms with E-state index in [4.69, 9.17) is 10.5 Å². The van der Waals surface area contributed by atoms with Gasteiger partial charge >= 0.3 is 0 Å². The summed E-state index contributed by atoms with van der Waals surface area (Å²) in [7, 11) is 0. The van der Waals surface area contributed by atoms with Crippen molar-refractivity contribution < 1.29 is 4.74 Å². The van der Waals surface area contributed by atoms with Gasteiger partial charge in [0.05, 0.1) is 6.61 Å². The summed E-state index contributed by atoms with van der Waals surface area (Å²) in [4.78, 5) is 0. The molecule has 1 aliphatic rings. The maximum atomic E-state index is 6.42. The van der Waals surface area contributed by atoms with Gasteiger partial charge in [-0.15, -0.1) is 0 Å². The Morgan fingerprint density at radius 2 is 2.00 bits per heavy atom. The molecule has 0 bridgehead atoms. The number of para-hydroxylation sites is 1. The van der Waals surface area contributed by atoms with E-state index in [-0.39, 0.29) is 6.04 Å². The van der Waals surface area contributed by atoms with Crippen LogP contribution < -0.4 is 10.5 Å². The van der Waals surface area contributed by atoms with Gasteiger partial charge < -0.3 is 10.5 Å². The molecule has 0 amide bonds. The molecule has 1 aliphatic heterocycles. The molecule has 0 saturated carbocycles. The molecule has 0 fully saturated rings. The summed E-state index contributed by atoms with van der Waals surface area (Å²) >= 11 is 3.59. The largest absolute Gasteiger partial charge is 0.493 e. The summed E-state index contributed by atoms with van der Waals surface area (Å²) in [5, 5.41) is 0. The Bertz CT molecular complexity index is 612. The Labute approximate surface area is 128 Å². The van der Waals surface area contributed by atoms with Crippen LogP contribution in [0.4, 0.5) is 0 Å². The van der Waals surface area contributed by atoms with Gasteiger partial charge in [-0.05, 0) is 36.5 Å². The molecular formula is C17H18BrNO. The van der Waals surface area contributed by atoms with Gasteiger partial charge in [0.15, 0.2) is 0 Å². The number of aryl methyl sites for hydroxylation is 1. The molecule has 1 atom stereocenters. The van der Waals surface area contributed by atoms with Crippen molar-refractivity contribution in [3.05, 3.63) is 63.6 Å². The van der Waals surface area contributed by atoms with Crippen LogP contribution in [0.15, 0.2) is 46.9 Å². The SMILES string of the molecule is NC(Cc1ccccc1Br)c1cccc2c1OCCC2.